The summed E-state index contributed by atoms with van der Waals surface area (Å²) in [6.45, 7) is 7.02. The Labute approximate surface area is 121 Å². The maximum atomic E-state index is 5.94. The predicted molar refractivity (Wildman–Crippen MR) is 81.3 cm³/mol. The third kappa shape index (κ3) is 3.64. The lowest BCUT2D eigenvalue weighted by atomic mass is 9.92. The number of likely N-dealkylation sites (tertiary alicyclic amines) is 1. The topological polar surface area (TPSA) is 47.7 Å². The Kier molecular flexibility index (Phi) is 5.68. The van der Waals surface area contributed by atoms with E-state index in [9.17, 15) is 0 Å². The fraction of sp³-hybridized carbons (Fsp3) is 0.625. The van der Waals surface area contributed by atoms with Gasteiger partial charge in [0.15, 0.2) is 11.5 Å². The lowest BCUT2D eigenvalue weighted by Gasteiger charge is -2.23. The zero-order valence-corrected chi connectivity index (χ0v) is 12.5. The van der Waals surface area contributed by atoms with Gasteiger partial charge in [0.25, 0.3) is 0 Å². The second-order valence-corrected chi connectivity index (χ2v) is 5.40. The van der Waals surface area contributed by atoms with Gasteiger partial charge in [-0.3, -0.25) is 0 Å². The summed E-state index contributed by atoms with van der Waals surface area (Å²) in [4.78, 5) is 2.48. The molecule has 2 atom stereocenters. The molecule has 0 bridgehead atoms. The van der Waals surface area contributed by atoms with Crippen LogP contribution >= 0.6 is 0 Å². The van der Waals surface area contributed by atoms with Crippen LogP contribution in [0.2, 0.25) is 0 Å². The first-order valence-electron chi connectivity index (χ1n) is 7.46. The number of nitrogens with two attached hydrogens (primary N) is 1. The van der Waals surface area contributed by atoms with E-state index >= 15 is 0 Å². The third-order valence-corrected chi connectivity index (χ3v) is 4.25. The number of methoxy groups -OCH3 is 1. The van der Waals surface area contributed by atoms with Crippen molar-refractivity contribution >= 4 is 0 Å². The molecule has 4 heteroatoms. The first-order chi connectivity index (χ1) is 9.78. The summed E-state index contributed by atoms with van der Waals surface area (Å²) in [5, 5.41) is 0. The molecule has 0 spiro atoms. The predicted octanol–water partition coefficient (Wildman–Crippen LogP) is 1.99. The molecule has 20 heavy (non-hydrogen) atoms. The Morgan fingerprint density at radius 1 is 1.35 bits per heavy atom. The van der Waals surface area contributed by atoms with Crippen molar-refractivity contribution in [1.82, 2.24) is 4.90 Å². The highest BCUT2D eigenvalue weighted by Gasteiger charge is 2.28. The Morgan fingerprint density at radius 3 is 2.70 bits per heavy atom. The molecule has 1 fully saturated rings. The first-order valence-corrected chi connectivity index (χ1v) is 7.46. The van der Waals surface area contributed by atoms with Gasteiger partial charge < -0.3 is 20.1 Å². The molecule has 2 rings (SSSR count). The number of benzene rings is 1. The first kappa shape index (κ1) is 15.1. The fourth-order valence-corrected chi connectivity index (χ4v) is 2.87. The molecule has 2 unspecified atom stereocenters. The molecule has 0 amide bonds. The molecule has 1 saturated heterocycles. The molecule has 0 aromatic heterocycles. The van der Waals surface area contributed by atoms with Crippen LogP contribution in [0.25, 0.3) is 0 Å². The summed E-state index contributed by atoms with van der Waals surface area (Å²) in [7, 11) is 1.67. The SMILES string of the molecule is CCN1CCC(C(CN)COc2ccccc2OC)C1. The third-order valence-electron chi connectivity index (χ3n) is 4.25. The van der Waals surface area contributed by atoms with Crippen molar-refractivity contribution in [2.24, 2.45) is 17.6 Å². The molecule has 1 aromatic carbocycles. The van der Waals surface area contributed by atoms with E-state index in [2.05, 4.69) is 11.8 Å². The van der Waals surface area contributed by atoms with Crippen LogP contribution in [0, 0.1) is 11.8 Å². The average molecular weight is 278 g/mol. The van der Waals surface area contributed by atoms with Crippen LogP contribution in [0.15, 0.2) is 24.3 Å². The number of rotatable bonds is 7. The largest absolute Gasteiger partial charge is 0.493 e. The van der Waals surface area contributed by atoms with Gasteiger partial charge in [0.1, 0.15) is 0 Å². The van der Waals surface area contributed by atoms with E-state index in [1.165, 1.54) is 13.0 Å². The van der Waals surface area contributed by atoms with E-state index in [4.69, 9.17) is 15.2 Å². The fourth-order valence-electron chi connectivity index (χ4n) is 2.87. The summed E-state index contributed by atoms with van der Waals surface area (Å²) >= 11 is 0. The zero-order chi connectivity index (χ0) is 14.4. The maximum absolute atomic E-state index is 5.94. The summed E-state index contributed by atoms with van der Waals surface area (Å²) in [5.41, 5.74) is 5.94. The number of para-hydroxylation sites is 2. The van der Waals surface area contributed by atoms with E-state index in [0.29, 0.717) is 25.0 Å². The summed E-state index contributed by atoms with van der Waals surface area (Å²) in [6.07, 6.45) is 1.23. The molecule has 1 heterocycles. The van der Waals surface area contributed by atoms with Crippen molar-refractivity contribution in [3.05, 3.63) is 24.3 Å². The molecule has 0 saturated carbocycles. The Bertz CT molecular complexity index is 411. The number of hydrogen-bond acceptors (Lipinski definition) is 4. The number of nitrogens with zero attached hydrogens (tertiary/aromatic N) is 1. The quantitative estimate of drug-likeness (QED) is 0.828. The minimum absolute atomic E-state index is 0.413. The highest BCUT2D eigenvalue weighted by molar-refractivity contribution is 5.39. The van der Waals surface area contributed by atoms with Crippen molar-refractivity contribution in [2.45, 2.75) is 13.3 Å². The second kappa shape index (κ2) is 7.50. The standard InChI is InChI=1S/C16H26N2O2/c1-3-18-9-8-13(11-18)14(10-17)12-20-16-7-5-4-6-15(16)19-2/h4-7,13-14H,3,8-12,17H2,1-2H3. The van der Waals surface area contributed by atoms with Gasteiger partial charge in [0, 0.05) is 12.5 Å². The van der Waals surface area contributed by atoms with E-state index in [1.807, 2.05) is 24.3 Å². The second-order valence-electron chi connectivity index (χ2n) is 5.40. The zero-order valence-electron chi connectivity index (χ0n) is 12.5. The van der Waals surface area contributed by atoms with Crippen LogP contribution in [0.4, 0.5) is 0 Å². The monoisotopic (exact) mass is 278 g/mol. The molecule has 0 aliphatic carbocycles. The van der Waals surface area contributed by atoms with Crippen molar-refractivity contribution in [2.75, 3.05) is 39.9 Å². The number of ether oxygens (including phenoxy) is 2. The van der Waals surface area contributed by atoms with Gasteiger partial charge in [-0.1, -0.05) is 19.1 Å². The summed E-state index contributed by atoms with van der Waals surface area (Å²) < 4.78 is 11.2. The van der Waals surface area contributed by atoms with Gasteiger partial charge in [0.05, 0.1) is 13.7 Å². The molecule has 0 radical (unpaired) electrons. The summed E-state index contributed by atoms with van der Waals surface area (Å²) in [5.74, 6) is 2.65. The van der Waals surface area contributed by atoms with E-state index < -0.39 is 0 Å². The Hall–Kier alpha value is -1.26. The van der Waals surface area contributed by atoms with Crippen LogP contribution in [0.5, 0.6) is 11.5 Å². The van der Waals surface area contributed by atoms with Crippen LogP contribution in [-0.4, -0.2) is 44.8 Å². The van der Waals surface area contributed by atoms with Crippen molar-refractivity contribution in [3.8, 4) is 11.5 Å². The minimum Gasteiger partial charge on any atom is -0.493 e. The Morgan fingerprint density at radius 2 is 2.10 bits per heavy atom. The molecule has 2 N–H and O–H groups in total. The number of hydrogen-bond donors (Lipinski definition) is 1. The molecular formula is C16H26N2O2. The maximum Gasteiger partial charge on any atom is 0.161 e. The van der Waals surface area contributed by atoms with Gasteiger partial charge >= 0.3 is 0 Å². The van der Waals surface area contributed by atoms with E-state index in [0.717, 1.165) is 24.6 Å². The van der Waals surface area contributed by atoms with Crippen LogP contribution in [0.3, 0.4) is 0 Å². The average Bonchev–Trinajstić information content (AvgIpc) is 2.97. The van der Waals surface area contributed by atoms with Gasteiger partial charge in [-0.15, -0.1) is 0 Å². The molecular weight excluding hydrogens is 252 g/mol. The van der Waals surface area contributed by atoms with Crippen molar-refractivity contribution in [3.63, 3.8) is 0 Å². The minimum atomic E-state index is 0.413. The lowest BCUT2D eigenvalue weighted by molar-refractivity contribution is 0.191. The van der Waals surface area contributed by atoms with Gasteiger partial charge in [-0.25, -0.2) is 0 Å². The molecule has 1 aliphatic heterocycles. The van der Waals surface area contributed by atoms with Crippen molar-refractivity contribution < 1.29 is 9.47 Å². The lowest BCUT2D eigenvalue weighted by Crippen LogP contribution is -2.31. The van der Waals surface area contributed by atoms with Crippen LogP contribution in [-0.2, 0) is 0 Å². The molecule has 1 aromatic rings. The van der Waals surface area contributed by atoms with Gasteiger partial charge in [0.2, 0.25) is 0 Å². The van der Waals surface area contributed by atoms with E-state index in [-0.39, 0.29) is 0 Å². The Balaban J connectivity index is 1.91. The van der Waals surface area contributed by atoms with Crippen LogP contribution < -0.4 is 15.2 Å². The van der Waals surface area contributed by atoms with Crippen molar-refractivity contribution in [1.29, 1.82) is 0 Å². The molecule has 112 valence electrons. The van der Waals surface area contributed by atoms with Crippen LogP contribution in [0.1, 0.15) is 13.3 Å². The van der Waals surface area contributed by atoms with Gasteiger partial charge in [-0.05, 0) is 44.1 Å². The molecule has 4 nitrogen and oxygen atoms in total. The smallest absolute Gasteiger partial charge is 0.161 e. The van der Waals surface area contributed by atoms with E-state index in [1.54, 1.807) is 7.11 Å². The highest BCUT2D eigenvalue weighted by Crippen LogP contribution is 2.28. The highest BCUT2D eigenvalue weighted by atomic mass is 16.5. The molecule has 1 aliphatic rings. The summed E-state index contributed by atoms with van der Waals surface area (Å²) in [6, 6.07) is 7.77. The normalized spacial score (nSPS) is 20.9. The van der Waals surface area contributed by atoms with Gasteiger partial charge in [-0.2, -0.15) is 0 Å².